The summed E-state index contributed by atoms with van der Waals surface area (Å²) in [5.41, 5.74) is -1.05. The number of aromatic nitrogens is 4. The van der Waals surface area contributed by atoms with Gasteiger partial charge in [0.2, 0.25) is 9.97 Å². The van der Waals surface area contributed by atoms with Crippen LogP contribution in [0.4, 0.5) is 18.9 Å². The third kappa shape index (κ3) is 3.45. The molecule has 0 fully saturated rings. The van der Waals surface area contributed by atoms with Crippen molar-refractivity contribution in [2.75, 3.05) is 5.32 Å². The molecule has 2 heterocycles. The average Bonchev–Trinajstić information content (AvgIpc) is 3.07. The summed E-state index contributed by atoms with van der Waals surface area (Å²) in [5.74, 6) is 0.00965. The monoisotopic (exact) mass is 389 g/mol. The van der Waals surface area contributed by atoms with Crippen molar-refractivity contribution in [3.63, 3.8) is 0 Å². The summed E-state index contributed by atoms with van der Waals surface area (Å²) >= 11 is 6.55. The highest BCUT2D eigenvalue weighted by Gasteiger charge is 2.33. The van der Waals surface area contributed by atoms with Gasteiger partial charge in [0.1, 0.15) is 0 Å². The maximum atomic E-state index is 12.9. The molecule has 132 valence electrons. The molecule has 0 unspecified atom stereocenters. The predicted octanol–water partition coefficient (Wildman–Crippen LogP) is 4.23. The minimum Gasteiger partial charge on any atom is -0.320 e. The van der Waals surface area contributed by atoms with Gasteiger partial charge in [-0.05, 0) is 18.2 Å². The Hall–Kier alpha value is -2.20. The lowest BCUT2D eigenvalue weighted by Gasteiger charge is -2.11. The Balaban J connectivity index is 1.88. The number of hydrogen-bond donors (Lipinski definition) is 1. The smallest absolute Gasteiger partial charge is 0.320 e. The van der Waals surface area contributed by atoms with Crippen LogP contribution >= 0.6 is 22.9 Å². The minimum atomic E-state index is -4.61. The molecule has 3 rings (SSSR count). The molecule has 0 saturated heterocycles. The van der Waals surface area contributed by atoms with Crippen molar-refractivity contribution in [3.05, 3.63) is 39.6 Å². The number of fused-ring (bicyclic) bond motifs is 1. The number of nitrogens with zero attached hydrogens (tertiary/aromatic N) is 4. The molecule has 0 aliphatic heterocycles. The number of nitrogens with one attached hydrogen (secondary N) is 1. The number of alkyl halides is 3. The van der Waals surface area contributed by atoms with E-state index >= 15 is 0 Å². The Morgan fingerprint density at radius 2 is 2.04 bits per heavy atom. The maximum absolute atomic E-state index is 12.9. The minimum absolute atomic E-state index is 0.0308. The van der Waals surface area contributed by atoms with Crippen molar-refractivity contribution in [3.8, 4) is 0 Å². The average molecular weight is 390 g/mol. The van der Waals surface area contributed by atoms with Gasteiger partial charge in [-0.15, -0.1) is 15.3 Å². The van der Waals surface area contributed by atoms with E-state index < -0.39 is 22.7 Å². The molecule has 6 nitrogen and oxygen atoms in total. The molecule has 0 radical (unpaired) electrons. The van der Waals surface area contributed by atoms with Crippen LogP contribution in [0.15, 0.2) is 18.2 Å². The molecular formula is C14H11ClF3N5OS. The highest BCUT2D eigenvalue weighted by Crippen LogP contribution is 2.36. The molecule has 11 heteroatoms. The molecule has 3 aromatic rings. The summed E-state index contributed by atoms with van der Waals surface area (Å²) in [6.07, 6.45) is -4.61. The van der Waals surface area contributed by atoms with Crippen molar-refractivity contribution >= 4 is 39.5 Å². The number of amides is 1. The highest BCUT2D eigenvalue weighted by molar-refractivity contribution is 7.18. The van der Waals surface area contributed by atoms with Crippen molar-refractivity contribution in [1.82, 2.24) is 19.8 Å². The van der Waals surface area contributed by atoms with Crippen LogP contribution in [-0.4, -0.2) is 25.7 Å². The van der Waals surface area contributed by atoms with Gasteiger partial charge in [-0.1, -0.05) is 36.8 Å². The first kappa shape index (κ1) is 17.6. The second-order valence-electron chi connectivity index (χ2n) is 5.46. The summed E-state index contributed by atoms with van der Waals surface area (Å²) in [7, 11) is 0. The van der Waals surface area contributed by atoms with Gasteiger partial charge in [-0.3, -0.25) is 4.79 Å². The first-order valence-electron chi connectivity index (χ1n) is 7.07. The Labute approximate surface area is 148 Å². The lowest BCUT2D eigenvalue weighted by molar-refractivity contribution is -0.137. The van der Waals surface area contributed by atoms with Crippen LogP contribution in [0.1, 0.15) is 41.0 Å². The second-order valence-corrected chi connectivity index (χ2v) is 6.82. The number of benzene rings is 1. The fourth-order valence-corrected chi connectivity index (χ4v) is 3.06. The molecule has 0 saturated carbocycles. The van der Waals surface area contributed by atoms with E-state index in [1.165, 1.54) is 10.6 Å². The summed E-state index contributed by atoms with van der Waals surface area (Å²) < 4.78 is 40.1. The molecule has 1 amide bonds. The normalized spacial score (nSPS) is 12.1. The second kappa shape index (κ2) is 6.26. The molecule has 1 N–H and O–H groups in total. The lowest BCUT2D eigenvalue weighted by atomic mass is 10.2. The number of rotatable bonds is 3. The molecule has 0 aliphatic carbocycles. The number of halogens is 4. The van der Waals surface area contributed by atoms with Crippen molar-refractivity contribution in [2.24, 2.45) is 0 Å². The third-order valence-corrected chi connectivity index (χ3v) is 4.48. The maximum Gasteiger partial charge on any atom is 0.417 e. The van der Waals surface area contributed by atoms with Crippen molar-refractivity contribution in [1.29, 1.82) is 0 Å². The lowest BCUT2D eigenvalue weighted by Crippen LogP contribution is -2.14. The van der Waals surface area contributed by atoms with E-state index in [0.717, 1.165) is 23.5 Å². The molecule has 25 heavy (non-hydrogen) atoms. The van der Waals surface area contributed by atoms with Gasteiger partial charge in [0, 0.05) is 11.6 Å². The Kier molecular flexibility index (Phi) is 4.41. The predicted molar refractivity (Wildman–Crippen MR) is 87.2 cm³/mol. The van der Waals surface area contributed by atoms with Gasteiger partial charge < -0.3 is 5.32 Å². The highest BCUT2D eigenvalue weighted by atomic mass is 35.5. The molecule has 0 aliphatic rings. The Morgan fingerprint density at radius 3 is 2.68 bits per heavy atom. The molecule has 0 atom stereocenters. The van der Waals surface area contributed by atoms with Crippen molar-refractivity contribution in [2.45, 2.75) is 25.9 Å². The fourth-order valence-electron chi connectivity index (χ4n) is 2.09. The van der Waals surface area contributed by atoms with Gasteiger partial charge in [-0.2, -0.15) is 17.7 Å². The number of hydrogen-bond acceptors (Lipinski definition) is 5. The van der Waals surface area contributed by atoms with Crippen LogP contribution in [-0.2, 0) is 6.18 Å². The van der Waals surface area contributed by atoms with Gasteiger partial charge >= 0.3 is 6.18 Å². The largest absolute Gasteiger partial charge is 0.417 e. The van der Waals surface area contributed by atoms with Crippen LogP contribution < -0.4 is 5.32 Å². The fraction of sp³-hybridized carbons (Fsp3) is 0.286. The van der Waals surface area contributed by atoms with Gasteiger partial charge in [0.25, 0.3) is 5.91 Å². The molecule has 2 aromatic heterocycles. The number of anilines is 1. The first-order valence-corrected chi connectivity index (χ1v) is 8.26. The zero-order chi connectivity index (χ0) is 18.4. The van der Waals surface area contributed by atoms with E-state index in [1.807, 2.05) is 13.8 Å². The van der Waals surface area contributed by atoms with E-state index in [-0.39, 0.29) is 16.6 Å². The van der Waals surface area contributed by atoms with Crippen LogP contribution in [0, 0.1) is 0 Å². The van der Waals surface area contributed by atoms with Gasteiger partial charge in [0.05, 0.1) is 10.6 Å². The van der Waals surface area contributed by atoms with E-state index in [4.69, 9.17) is 11.6 Å². The molecule has 1 aromatic carbocycles. The number of carbonyl (C=O) groups is 1. The summed E-state index contributed by atoms with van der Waals surface area (Å²) in [6, 6.07) is 3.14. The van der Waals surface area contributed by atoms with E-state index in [0.29, 0.717) is 10.8 Å². The quantitative estimate of drug-likeness (QED) is 0.727. The van der Waals surface area contributed by atoms with E-state index in [9.17, 15) is 18.0 Å². The van der Waals surface area contributed by atoms with Crippen LogP contribution in [0.3, 0.4) is 0 Å². The van der Waals surface area contributed by atoms with Crippen LogP contribution in [0.5, 0.6) is 0 Å². The van der Waals surface area contributed by atoms with Gasteiger partial charge in [-0.25, -0.2) is 0 Å². The SMILES string of the molecule is CC(C)c1nnc2sc(C(=O)Nc3ccc(Cl)c(C(F)(F)F)c3)nn12. The van der Waals surface area contributed by atoms with Crippen molar-refractivity contribution < 1.29 is 18.0 Å². The first-order chi connectivity index (χ1) is 11.7. The zero-order valence-electron chi connectivity index (χ0n) is 12.9. The van der Waals surface area contributed by atoms with Crippen LogP contribution in [0.2, 0.25) is 5.02 Å². The van der Waals surface area contributed by atoms with E-state index in [1.54, 1.807) is 0 Å². The molecule has 0 bridgehead atoms. The summed E-state index contributed by atoms with van der Waals surface area (Å²) in [6.45, 7) is 3.81. The van der Waals surface area contributed by atoms with Crippen LogP contribution in [0.25, 0.3) is 4.96 Å². The molecular weight excluding hydrogens is 379 g/mol. The third-order valence-electron chi connectivity index (χ3n) is 3.26. The van der Waals surface area contributed by atoms with Gasteiger partial charge in [0.15, 0.2) is 5.82 Å². The van der Waals surface area contributed by atoms with E-state index in [2.05, 4.69) is 20.6 Å². The number of carbonyl (C=O) groups excluding carboxylic acids is 1. The summed E-state index contributed by atoms with van der Waals surface area (Å²) in [5, 5.41) is 14.0. The Bertz CT molecular complexity index is 950. The zero-order valence-corrected chi connectivity index (χ0v) is 14.5. The summed E-state index contributed by atoms with van der Waals surface area (Å²) in [4.78, 5) is 12.7. The Morgan fingerprint density at radius 1 is 1.32 bits per heavy atom. The standard InChI is InChI=1S/C14H11ClF3N5OS/c1-6(2)10-20-21-13-23(10)22-12(25-13)11(24)19-7-3-4-9(15)8(5-7)14(16,17)18/h3-6H,1-2H3,(H,19,24). The topological polar surface area (TPSA) is 72.2 Å². The molecule has 0 spiro atoms.